The van der Waals surface area contributed by atoms with Crippen LogP contribution in [0, 0.1) is 0 Å². The number of rotatable bonds is 7. The zero-order valence-electron chi connectivity index (χ0n) is 14.7. The van der Waals surface area contributed by atoms with Gasteiger partial charge in [-0.3, -0.25) is 4.79 Å². The first-order valence-corrected chi connectivity index (χ1v) is 10.0. The molecular formula is C18H24N2O5S. The van der Waals surface area contributed by atoms with Gasteiger partial charge in [0.1, 0.15) is 12.1 Å². The lowest BCUT2D eigenvalue weighted by Gasteiger charge is -2.34. The molecule has 1 aliphatic rings. The first-order chi connectivity index (χ1) is 12.4. The predicted octanol–water partition coefficient (Wildman–Crippen LogP) is 1.77. The summed E-state index contributed by atoms with van der Waals surface area (Å²) in [6, 6.07) is 5.98. The van der Waals surface area contributed by atoms with Crippen molar-refractivity contribution in [1.29, 1.82) is 0 Å². The molecule has 1 fully saturated rings. The van der Waals surface area contributed by atoms with Crippen LogP contribution in [0.25, 0.3) is 0 Å². The van der Waals surface area contributed by atoms with Gasteiger partial charge in [-0.2, -0.15) is 4.31 Å². The molecule has 0 bridgehead atoms. The number of carboxylic acid groups (broad SMARTS) is 1. The maximum absolute atomic E-state index is 12.9. The number of hydrogen-bond donors (Lipinski definition) is 2. The first kappa shape index (κ1) is 20.1. The third-order valence-corrected chi connectivity index (χ3v) is 6.25. The highest BCUT2D eigenvalue weighted by Crippen LogP contribution is 2.25. The van der Waals surface area contributed by atoms with Crippen LogP contribution in [-0.2, 0) is 19.6 Å². The van der Waals surface area contributed by atoms with E-state index in [1.807, 2.05) is 0 Å². The van der Waals surface area contributed by atoms with Crippen molar-refractivity contribution in [1.82, 2.24) is 9.62 Å². The summed E-state index contributed by atoms with van der Waals surface area (Å²) in [7, 11) is -3.82. The van der Waals surface area contributed by atoms with Crippen molar-refractivity contribution >= 4 is 21.9 Å². The molecule has 0 spiro atoms. The second kappa shape index (κ2) is 8.95. The summed E-state index contributed by atoms with van der Waals surface area (Å²) in [6.07, 6.45) is 5.25. The van der Waals surface area contributed by atoms with E-state index < -0.39 is 34.0 Å². The van der Waals surface area contributed by atoms with Crippen molar-refractivity contribution in [3.63, 3.8) is 0 Å². The molecule has 2 atom stereocenters. The molecule has 1 heterocycles. The first-order valence-electron chi connectivity index (χ1n) is 8.59. The molecular weight excluding hydrogens is 356 g/mol. The van der Waals surface area contributed by atoms with E-state index in [4.69, 9.17) is 0 Å². The SMILES string of the molecule is C/C=C/CC(NC(=O)C1CCCCN1S(=O)(=O)c1ccccc1)C(=O)O. The van der Waals surface area contributed by atoms with E-state index in [9.17, 15) is 23.1 Å². The second-order valence-electron chi connectivity index (χ2n) is 6.14. The Hall–Kier alpha value is -2.19. The fourth-order valence-corrected chi connectivity index (χ4v) is 4.62. The number of aliphatic carboxylic acids is 1. The summed E-state index contributed by atoms with van der Waals surface area (Å²) in [4.78, 5) is 24.1. The van der Waals surface area contributed by atoms with Gasteiger partial charge >= 0.3 is 5.97 Å². The lowest BCUT2D eigenvalue weighted by molar-refractivity contribution is -0.142. The number of benzene rings is 1. The standard InChI is InChI=1S/C18H24N2O5S/c1-2-3-11-15(18(22)23)19-17(21)16-12-7-8-13-20(16)26(24,25)14-9-5-4-6-10-14/h2-6,9-10,15-16H,7-8,11-13H2,1H3,(H,19,21)(H,22,23)/b3-2+. The largest absolute Gasteiger partial charge is 0.480 e. The molecule has 1 amide bonds. The smallest absolute Gasteiger partial charge is 0.326 e. The van der Waals surface area contributed by atoms with Crippen LogP contribution in [0.5, 0.6) is 0 Å². The topological polar surface area (TPSA) is 104 Å². The second-order valence-corrected chi connectivity index (χ2v) is 8.04. The number of nitrogens with zero attached hydrogens (tertiary/aromatic N) is 1. The molecule has 7 nitrogen and oxygen atoms in total. The highest BCUT2D eigenvalue weighted by molar-refractivity contribution is 7.89. The van der Waals surface area contributed by atoms with Crippen molar-refractivity contribution in [3.05, 3.63) is 42.5 Å². The maximum atomic E-state index is 12.9. The van der Waals surface area contributed by atoms with Crippen molar-refractivity contribution in [2.75, 3.05) is 6.54 Å². The third kappa shape index (κ3) is 4.70. The Morgan fingerprint density at radius 2 is 2.00 bits per heavy atom. The fourth-order valence-electron chi connectivity index (χ4n) is 2.94. The Labute approximate surface area is 153 Å². The maximum Gasteiger partial charge on any atom is 0.326 e. The normalized spacial score (nSPS) is 20.0. The molecule has 0 aliphatic carbocycles. The Morgan fingerprint density at radius 3 is 2.62 bits per heavy atom. The minimum Gasteiger partial charge on any atom is -0.480 e. The van der Waals surface area contributed by atoms with Gasteiger partial charge in [0, 0.05) is 6.54 Å². The molecule has 0 aromatic heterocycles. The van der Waals surface area contributed by atoms with Gasteiger partial charge in [0.15, 0.2) is 0 Å². The molecule has 2 unspecified atom stereocenters. The van der Waals surface area contributed by atoms with Gasteiger partial charge in [0.05, 0.1) is 4.90 Å². The monoisotopic (exact) mass is 380 g/mol. The molecule has 1 aliphatic heterocycles. The van der Waals surface area contributed by atoms with Crippen molar-refractivity contribution < 1.29 is 23.1 Å². The number of carboxylic acids is 1. The molecule has 2 rings (SSSR count). The molecule has 1 aromatic rings. The summed E-state index contributed by atoms with van der Waals surface area (Å²) in [5.74, 6) is -1.72. The number of carbonyl (C=O) groups is 2. The highest BCUT2D eigenvalue weighted by Gasteiger charge is 2.38. The molecule has 26 heavy (non-hydrogen) atoms. The number of amides is 1. The van der Waals surface area contributed by atoms with Crippen LogP contribution in [0.15, 0.2) is 47.4 Å². The summed E-state index contributed by atoms with van der Waals surface area (Å²) in [5.41, 5.74) is 0. The summed E-state index contributed by atoms with van der Waals surface area (Å²) < 4.78 is 27.0. The summed E-state index contributed by atoms with van der Waals surface area (Å²) in [5, 5.41) is 11.7. The number of carbonyl (C=O) groups excluding carboxylic acids is 1. The lowest BCUT2D eigenvalue weighted by Crippen LogP contribution is -2.54. The van der Waals surface area contributed by atoms with Crippen LogP contribution in [0.4, 0.5) is 0 Å². The van der Waals surface area contributed by atoms with Crippen LogP contribution in [-0.4, -0.2) is 48.3 Å². The van der Waals surface area contributed by atoms with E-state index in [1.165, 1.54) is 16.4 Å². The molecule has 1 aromatic carbocycles. The minimum atomic E-state index is -3.82. The van der Waals surface area contributed by atoms with Crippen molar-refractivity contribution in [2.24, 2.45) is 0 Å². The van der Waals surface area contributed by atoms with Crippen LogP contribution >= 0.6 is 0 Å². The summed E-state index contributed by atoms with van der Waals surface area (Å²) in [6.45, 7) is 2.00. The minimum absolute atomic E-state index is 0.128. The summed E-state index contributed by atoms with van der Waals surface area (Å²) >= 11 is 0. The van der Waals surface area contributed by atoms with Gasteiger partial charge < -0.3 is 10.4 Å². The third-order valence-electron chi connectivity index (χ3n) is 4.33. The van der Waals surface area contributed by atoms with E-state index >= 15 is 0 Å². The van der Waals surface area contributed by atoms with E-state index in [1.54, 1.807) is 37.3 Å². The zero-order chi connectivity index (χ0) is 19.2. The highest BCUT2D eigenvalue weighted by atomic mass is 32.2. The van der Waals surface area contributed by atoms with Gasteiger partial charge in [0.2, 0.25) is 15.9 Å². The molecule has 142 valence electrons. The van der Waals surface area contributed by atoms with Crippen molar-refractivity contribution in [2.45, 2.75) is 49.6 Å². The van der Waals surface area contributed by atoms with Gasteiger partial charge in [-0.1, -0.05) is 36.8 Å². The quantitative estimate of drug-likeness (QED) is 0.702. The molecule has 0 saturated carbocycles. The Kier molecular flexibility index (Phi) is 6.93. The van der Waals surface area contributed by atoms with Crippen LogP contribution < -0.4 is 5.32 Å². The van der Waals surface area contributed by atoms with Gasteiger partial charge in [-0.15, -0.1) is 0 Å². The zero-order valence-corrected chi connectivity index (χ0v) is 15.5. The van der Waals surface area contributed by atoms with Gasteiger partial charge in [-0.05, 0) is 38.3 Å². The van der Waals surface area contributed by atoms with Crippen LogP contribution in [0.2, 0.25) is 0 Å². The molecule has 1 saturated heterocycles. The van der Waals surface area contributed by atoms with Gasteiger partial charge in [0.25, 0.3) is 0 Å². The molecule has 0 radical (unpaired) electrons. The molecule has 2 N–H and O–H groups in total. The number of nitrogens with one attached hydrogen (secondary N) is 1. The van der Waals surface area contributed by atoms with E-state index in [2.05, 4.69) is 5.32 Å². The fraction of sp³-hybridized carbons (Fsp3) is 0.444. The van der Waals surface area contributed by atoms with Crippen LogP contribution in [0.3, 0.4) is 0 Å². The number of allylic oxidation sites excluding steroid dienone is 1. The Morgan fingerprint density at radius 1 is 1.31 bits per heavy atom. The van der Waals surface area contributed by atoms with E-state index in [-0.39, 0.29) is 17.9 Å². The number of piperidine rings is 1. The van der Waals surface area contributed by atoms with Crippen molar-refractivity contribution in [3.8, 4) is 0 Å². The average molecular weight is 380 g/mol. The number of hydrogen-bond acceptors (Lipinski definition) is 4. The van der Waals surface area contributed by atoms with E-state index in [0.29, 0.717) is 19.3 Å². The lowest BCUT2D eigenvalue weighted by atomic mass is 10.0. The Balaban J connectivity index is 2.22. The number of sulfonamides is 1. The van der Waals surface area contributed by atoms with Crippen LogP contribution in [0.1, 0.15) is 32.6 Å². The molecule has 8 heteroatoms. The Bertz CT molecular complexity index is 761. The van der Waals surface area contributed by atoms with E-state index in [0.717, 1.165) is 0 Å². The average Bonchev–Trinajstić information content (AvgIpc) is 2.65. The predicted molar refractivity (Wildman–Crippen MR) is 97.0 cm³/mol. The van der Waals surface area contributed by atoms with Gasteiger partial charge in [-0.25, -0.2) is 13.2 Å².